The van der Waals surface area contributed by atoms with Gasteiger partial charge >= 0.3 is 0 Å². The highest BCUT2D eigenvalue weighted by Crippen LogP contribution is 2.25. The zero-order valence-electron chi connectivity index (χ0n) is 10.4. The molecule has 86 valence electrons. The third-order valence-corrected chi connectivity index (χ3v) is 3.04. The Balaban J connectivity index is 2.58. The highest BCUT2D eigenvalue weighted by atomic mass is 16.3. The Morgan fingerprint density at radius 3 is 2.62 bits per heavy atom. The molecule has 2 rings (SSSR count). The van der Waals surface area contributed by atoms with Crippen LogP contribution in [-0.2, 0) is 13.5 Å². The zero-order valence-corrected chi connectivity index (χ0v) is 10.4. The lowest BCUT2D eigenvalue weighted by Gasteiger charge is -2.17. The van der Waals surface area contributed by atoms with Crippen molar-refractivity contribution in [2.75, 3.05) is 0 Å². The predicted molar refractivity (Wildman–Crippen MR) is 67.7 cm³/mol. The molecule has 0 bridgehead atoms. The minimum absolute atomic E-state index is 0.655. The lowest BCUT2D eigenvalue weighted by molar-refractivity contribution is 0.0813. The van der Waals surface area contributed by atoms with E-state index < -0.39 is 5.60 Å². The Labute approximate surface area is 96.5 Å². The summed E-state index contributed by atoms with van der Waals surface area (Å²) < 4.78 is 2.18. The van der Waals surface area contributed by atoms with E-state index in [-0.39, 0.29) is 0 Å². The minimum atomic E-state index is -0.655. The molecule has 1 N–H and O–H groups in total. The van der Waals surface area contributed by atoms with Crippen LogP contribution in [0.4, 0.5) is 0 Å². The highest BCUT2D eigenvalue weighted by Gasteiger charge is 2.16. The largest absolute Gasteiger partial charge is 0.390 e. The van der Waals surface area contributed by atoms with Gasteiger partial charge in [0.05, 0.1) is 5.60 Å². The Morgan fingerprint density at radius 2 is 2.00 bits per heavy atom. The van der Waals surface area contributed by atoms with E-state index in [1.165, 1.54) is 22.2 Å². The molecular weight excluding hydrogens is 198 g/mol. The molecule has 0 saturated heterocycles. The average Bonchev–Trinajstić information content (AvgIpc) is 2.43. The summed E-state index contributed by atoms with van der Waals surface area (Å²) in [4.78, 5) is 0. The van der Waals surface area contributed by atoms with Crippen LogP contribution >= 0.6 is 0 Å². The molecule has 0 saturated carbocycles. The van der Waals surface area contributed by atoms with Gasteiger partial charge in [-0.3, -0.25) is 0 Å². The molecule has 2 nitrogen and oxygen atoms in total. The third kappa shape index (κ3) is 1.98. The predicted octanol–water partition coefficient (Wildman–Crippen LogP) is 2.80. The van der Waals surface area contributed by atoms with E-state index in [9.17, 15) is 5.11 Å². The molecule has 0 aliphatic heterocycles. The van der Waals surface area contributed by atoms with Gasteiger partial charge in [-0.15, -0.1) is 0 Å². The summed E-state index contributed by atoms with van der Waals surface area (Å²) in [5.74, 6) is 0. The number of benzene rings is 1. The second-order valence-electron chi connectivity index (χ2n) is 5.18. The molecule has 1 aromatic heterocycles. The van der Waals surface area contributed by atoms with Crippen LogP contribution in [0.5, 0.6) is 0 Å². The van der Waals surface area contributed by atoms with E-state index in [0.29, 0.717) is 6.42 Å². The fourth-order valence-corrected chi connectivity index (χ4v) is 2.17. The summed E-state index contributed by atoms with van der Waals surface area (Å²) in [6.07, 6.45) is 0.688. The van der Waals surface area contributed by atoms with E-state index in [2.05, 4.69) is 42.8 Å². The Bertz CT molecular complexity index is 517. The summed E-state index contributed by atoms with van der Waals surface area (Å²) in [5.41, 5.74) is 3.05. The first kappa shape index (κ1) is 11.2. The molecule has 0 radical (unpaired) electrons. The summed E-state index contributed by atoms with van der Waals surface area (Å²) in [6.45, 7) is 5.80. The summed E-state index contributed by atoms with van der Waals surface area (Å²) >= 11 is 0. The van der Waals surface area contributed by atoms with Crippen LogP contribution in [-0.4, -0.2) is 15.3 Å². The molecule has 0 spiro atoms. The van der Waals surface area contributed by atoms with Crippen molar-refractivity contribution in [3.8, 4) is 0 Å². The van der Waals surface area contributed by atoms with Crippen LogP contribution in [0.25, 0.3) is 10.9 Å². The summed E-state index contributed by atoms with van der Waals surface area (Å²) in [6, 6.07) is 8.47. The van der Waals surface area contributed by atoms with Gasteiger partial charge in [0.15, 0.2) is 0 Å². The van der Waals surface area contributed by atoms with Gasteiger partial charge < -0.3 is 9.67 Å². The van der Waals surface area contributed by atoms with Crippen LogP contribution in [0.2, 0.25) is 0 Å². The monoisotopic (exact) mass is 217 g/mol. The van der Waals surface area contributed by atoms with Crippen molar-refractivity contribution in [2.45, 2.75) is 32.8 Å². The third-order valence-electron chi connectivity index (χ3n) is 3.04. The van der Waals surface area contributed by atoms with E-state index in [4.69, 9.17) is 0 Å². The quantitative estimate of drug-likeness (QED) is 0.822. The minimum Gasteiger partial charge on any atom is -0.390 e. The second kappa shape index (κ2) is 3.63. The van der Waals surface area contributed by atoms with Crippen LogP contribution in [0.1, 0.15) is 25.1 Å². The van der Waals surface area contributed by atoms with Crippen molar-refractivity contribution >= 4 is 10.9 Å². The zero-order chi connectivity index (χ0) is 11.9. The molecule has 0 amide bonds. The second-order valence-corrected chi connectivity index (χ2v) is 5.18. The van der Waals surface area contributed by atoms with Crippen molar-refractivity contribution in [2.24, 2.45) is 7.05 Å². The summed E-state index contributed by atoms with van der Waals surface area (Å²) in [7, 11) is 2.07. The smallest absolute Gasteiger partial charge is 0.0632 e. The Hall–Kier alpha value is -1.28. The number of fused-ring (bicyclic) bond motifs is 1. The summed E-state index contributed by atoms with van der Waals surface area (Å²) in [5, 5.41) is 11.2. The molecule has 2 aromatic rings. The van der Waals surface area contributed by atoms with Crippen LogP contribution in [0.15, 0.2) is 24.3 Å². The standard InChI is InChI=1S/C14H19NO/c1-10-8-12-11(9-14(2,3)16)6-5-7-13(12)15(10)4/h5-8,16H,9H2,1-4H3. The number of hydrogen-bond acceptors (Lipinski definition) is 1. The first-order chi connectivity index (χ1) is 7.38. The molecule has 0 unspecified atom stereocenters. The molecule has 0 aliphatic carbocycles. The molecule has 16 heavy (non-hydrogen) atoms. The normalized spacial score (nSPS) is 12.3. The molecule has 0 fully saturated rings. The van der Waals surface area contributed by atoms with Gasteiger partial charge in [0, 0.05) is 30.1 Å². The number of aliphatic hydroxyl groups is 1. The first-order valence-electron chi connectivity index (χ1n) is 5.65. The van der Waals surface area contributed by atoms with Gasteiger partial charge in [-0.1, -0.05) is 12.1 Å². The number of rotatable bonds is 2. The van der Waals surface area contributed by atoms with Gasteiger partial charge in [0.1, 0.15) is 0 Å². The van der Waals surface area contributed by atoms with Crippen molar-refractivity contribution in [3.63, 3.8) is 0 Å². The van der Waals surface area contributed by atoms with Gasteiger partial charge in [-0.2, -0.15) is 0 Å². The number of hydrogen-bond donors (Lipinski definition) is 1. The van der Waals surface area contributed by atoms with Gasteiger partial charge in [-0.25, -0.2) is 0 Å². The molecular formula is C14H19NO. The Kier molecular flexibility index (Phi) is 2.55. The lowest BCUT2D eigenvalue weighted by Crippen LogP contribution is -2.21. The fraction of sp³-hybridized carbons (Fsp3) is 0.429. The maximum Gasteiger partial charge on any atom is 0.0632 e. The first-order valence-corrected chi connectivity index (χ1v) is 5.65. The molecule has 0 aliphatic rings. The topological polar surface area (TPSA) is 25.2 Å². The van der Waals surface area contributed by atoms with Gasteiger partial charge in [0.25, 0.3) is 0 Å². The molecule has 1 aromatic carbocycles. The maximum absolute atomic E-state index is 9.90. The van der Waals surface area contributed by atoms with Crippen molar-refractivity contribution in [1.82, 2.24) is 4.57 Å². The molecule has 2 heteroatoms. The van der Waals surface area contributed by atoms with Crippen molar-refractivity contribution in [1.29, 1.82) is 0 Å². The molecule has 0 atom stereocenters. The van der Waals surface area contributed by atoms with Gasteiger partial charge in [-0.05, 0) is 38.5 Å². The van der Waals surface area contributed by atoms with Crippen LogP contribution in [0.3, 0.4) is 0 Å². The Morgan fingerprint density at radius 1 is 1.31 bits per heavy atom. The van der Waals surface area contributed by atoms with Crippen molar-refractivity contribution < 1.29 is 5.11 Å². The number of aromatic nitrogens is 1. The SMILES string of the molecule is Cc1cc2c(CC(C)(C)O)cccc2n1C. The van der Waals surface area contributed by atoms with Crippen LogP contribution < -0.4 is 0 Å². The maximum atomic E-state index is 9.90. The number of aryl methyl sites for hydroxylation is 2. The van der Waals surface area contributed by atoms with Crippen molar-refractivity contribution in [3.05, 3.63) is 35.5 Å². The molecule has 1 heterocycles. The van der Waals surface area contributed by atoms with E-state index in [1.807, 2.05) is 13.8 Å². The van der Waals surface area contributed by atoms with Crippen LogP contribution in [0, 0.1) is 6.92 Å². The van der Waals surface area contributed by atoms with E-state index in [0.717, 1.165) is 0 Å². The average molecular weight is 217 g/mol. The number of nitrogens with zero attached hydrogens (tertiary/aromatic N) is 1. The highest BCUT2D eigenvalue weighted by molar-refractivity contribution is 5.84. The van der Waals surface area contributed by atoms with Gasteiger partial charge in [0.2, 0.25) is 0 Å². The lowest BCUT2D eigenvalue weighted by atomic mass is 9.96. The van der Waals surface area contributed by atoms with E-state index in [1.54, 1.807) is 0 Å². The fourth-order valence-electron chi connectivity index (χ4n) is 2.17. The van der Waals surface area contributed by atoms with E-state index >= 15 is 0 Å².